The summed E-state index contributed by atoms with van der Waals surface area (Å²) in [6.07, 6.45) is 0. The van der Waals surface area contributed by atoms with E-state index in [4.69, 9.17) is 0 Å². The summed E-state index contributed by atoms with van der Waals surface area (Å²) in [5.41, 5.74) is 14.3. The number of aromatic nitrogens is 2. The van der Waals surface area contributed by atoms with Crippen LogP contribution in [-0.4, -0.2) is 9.13 Å². The maximum absolute atomic E-state index is 2.41. The van der Waals surface area contributed by atoms with Gasteiger partial charge in [0, 0.05) is 32.9 Å². The maximum Gasteiger partial charge on any atom is 0.0541 e. The van der Waals surface area contributed by atoms with Crippen molar-refractivity contribution in [3.63, 3.8) is 0 Å². The quantitative estimate of drug-likeness (QED) is 0.167. The van der Waals surface area contributed by atoms with E-state index in [0.29, 0.717) is 0 Å². The third kappa shape index (κ3) is 5.19. The van der Waals surface area contributed by atoms with E-state index in [1.165, 1.54) is 110 Å². The number of rotatable bonds is 5. The maximum atomic E-state index is 2.41. The molecule has 0 N–H and O–H groups in total. The zero-order valence-corrected chi connectivity index (χ0v) is 31.7. The van der Waals surface area contributed by atoms with Gasteiger partial charge in [0.25, 0.3) is 0 Å². The molecule has 2 aromatic heterocycles. The van der Waals surface area contributed by atoms with E-state index in [2.05, 4.69) is 228 Å². The number of benzene rings is 10. The van der Waals surface area contributed by atoms with Crippen molar-refractivity contribution < 1.29 is 0 Å². The average Bonchev–Trinajstić information content (AvgIpc) is 3.81. The van der Waals surface area contributed by atoms with E-state index in [1.54, 1.807) is 0 Å². The van der Waals surface area contributed by atoms with Crippen molar-refractivity contribution in [3.05, 3.63) is 218 Å². The minimum atomic E-state index is 1.17. The number of hydrogen-bond donors (Lipinski definition) is 0. The summed E-state index contributed by atoms with van der Waals surface area (Å²) in [4.78, 5) is 0. The molecule has 0 amide bonds. The minimum Gasteiger partial charge on any atom is -0.309 e. The minimum absolute atomic E-state index is 1.17. The molecule has 12 aromatic rings. The fourth-order valence-corrected chi connectivity index (χ4v) is 9.25. The van der Waals surface area contributed by atoms with Gasteiger partial charge in [-0.2, -0.15) is 0 Å². The lowest BCUT2D eigenvalue weighted by molar-refractivity contribution is 1.19. The standard InChI is InChI=1S/C56H36N2/c1-2-12-37(13-3-1)44-30-45(42-24-28-55-51(35-42)49-18-8-10-20-53(49)57(55)47-26-22-38-14-4-6-16-40(38)33-47)32-46(31-44)43-25-29-56-52(36-43)50-19-9-11-21-54(50)58(56)48-27-23-39-15-5-7-17-41(39)34-48/h1-36H. The summed E-state index contributed by atoms with van der Waals surface area (Å²) >= 11 is 0. The van der Waals surface area contributed by atoms with Gasteiger partial charge in [-0.25, -0.2) is 0 Å². The molecule has 0 bridgehead atoms. The van der Waals surface area contributed by atoms with Gasteiger partial charge < -0.3 is 9.13 Å². The molecule has 2 heteroatoms. The fraction of sp³-hybridized carbons (Fsp3) is 0. The molecule has 2 heterocycles. The second-order valence-electron chi connectivity index (χ2n) is 15.4. The Morgan fingerprint density at radius 1 is 0.207 bits per heavy atom. The predicted octanol–water partition coefficient (Wildman–Crippen LogP) is 15.2. The number of para-hydroxylation sites is 2. The van der Waals surface area contributed by atoms with Gasteiger partial charge in [0.15, 0.2) is 0 Å². The van der Waals surface area contributed by atoms with E-state index in [9.17, 15) is 0 Å². The summed E-state index contributed by atoms with van der Waals surface area (Å²) in [5, 5.41) is 9.97. The Labute approximate surface area is 336 Å². The van der Waals surface area contributed by atoms with E-state index in [1.807, 2.05) is 0 Å². The third-order valence-corrected chi connectivity index (χ3v) is 12.0. The van der Waals surface area contributed by atoms with Crippen LogP contribution in [0.3, 0.4) is 0 Å². The van der Waals surface area contributed by atoms with Gasteiger partial charge in [-0.1, -0.05) is 140 Å². The van der Waals surface area contributed by atoms with Crippen molar-refractivity contribution >= 4 is 65.2 Å². The molecule has 12 rings (SSSR count). The largest absolute Gasteiger partial charge is 0.309 e. The molecule has 0 saturated heterocycles. The summed E-state index contributed by atoms with van der Waals surface area (Å²) < 4.78 is 4.83. The summed E-state index contributed by atoms with van der Waals surface area (Å²) in [6.45, 7) is 0. The van der Waals surface area contributed by atoms with Gasteiger partial charge in [0.2, 0.25) is 0 Å². The lowest BCUT2D eigenvalue weighted by Gasteiger charge is -2.13. The van der Waals surface area contributed by atoms with E-state index >= 15 is 0 Å². The number of hydrogen-bond acceptors (Lipinski definition) is 0. The molecule has 0 unspecified atom stereocenters. The second kappa shape index (κ2) is 12.9. The Kier molecular flexibility index (Phi) is 7.26. The Morgan fingerprint density at radius 2 is 0.603 bits per heavy atom. The molecular weight excluding hydrogens is 701 g/mol. The van der Waals surface area contributed by atoms with Crippen LogP contribution in [0, 0.1) is 0 Å². The first kappa shape index (κ1) is 32.6. The van der Waals surface area contributed by atoms with Crippen LogP contribution in [-0.2, 0) is 0 Å². The zero-order valence-electron chi connectivity index (χ0n) is 31.7. The highest BCUT2D eigenvalue weighted by Gasteiger charge is 2.17. The Hall–Kier alpha value is -7.68. The van der Waals surface area contributed by atoms with Gasteiger partial charge in [0.1, 0.15) is 0 Å². The van der Waals surface area contributed by atoms with Crippen LogP contribution in [0.4, 0.5) is 0 Å². The Bertz CT molecular complexity index is 3350. The lowest BCUT2D eigenvalue weighted by atomic mass is 9.92. The van der Waals surface area contributed by atoms with Gasteiger partial charge in [-0.15, -0.1) is 0 Å². The average molecular weight is 737 g/mol. The molecule has 0 saturated carbocycles. The van der Waals surface area contributed by atoms with Gasteiger partial charge >= 0.3 is 0 Å². The number of nitrogens with zero attached hydrogens (tertiary/aromatic N) is 2. The van der Waals surface area contributed by atoms with Crippen LogP contribution in [0.15, 0.2) is 218 Å². The van der Waals surface area contributed by atoms with Gasteiger partial charge in [-0.05, 0) is 134 Å². The van der Waals surface area contributed by atoms with E-state index < -0.39 is 0 Å². The summed E-state index contributed by atoms with van der Waals surface area (Å²) in [6, 6.07) is 80.2. The van der Waals surface area contributed by atoms with Crippen LogP contribution in [0.5, 0.6) is 0 Å². The van der Waals surface area contributed by atoms with Crippen molar-refractivity contribution in [1.82, 2.24) is 9.13 Å². The molecule has 2 nitrogen and oxygen atoms in total. The van der Waals surface area contributed by atoms with Gasteiger partial charge in [0.05, 0.1) is 22.1 Å². The summed E-state index contributed by atoms with van der Waals surface area (Å²) in [7, 11) is 0. The molecule has 0 aliphatic carbocycles. The Morgan fingerprint density at radius 3 is 1.10 bits per heavy atom. The Balaban J connectivity index is 1.04. The van der Waals surface area contributed by atoms with Crippen LogP contribution in [0.2, 0.25) is 0 Å². The molecule has 0 aliphatic rings. The topological polar surface area (TPSA) is 9.86 Å². The van der Waals surface area contributed by atoms with Crippen molar-refractivity contribution in [3.8, 4) is 44.8 Å². The van der Waals surface area contributed by atoms with Crippen LogP contribution in [0.1, 0.15) is 0 Å². The molecule has 0 fully saturated rings. The first-order chi connectivity index (χ1) is 28.7. The fourth-order valence-electron chi connectivity index (χ4n) is 9.25. The molecule has 270 valence electrons. The highest BCUT2D eigenvalue weighted by molar-refractivity contribution is 6.12. The van der Waals surface area contributed by atoms with Gasteiger partial charge in [-0.3, -0.25) is 0 Å². The molecule has 10 aromatic carbocycles. The van der Waals surface area contributed by atoms with Crippen molar-refractivity contribution in [2.24, 2.45) is 0 Å². The SMILES string of the molecule is c1ccc(-c2cc(-c3ccc4c(c3)c3ccccc3n4-c3ccc4ccccc4c3)cc(-c3ccc4c(c3)c3ccccc3n4-c3ccc4ccccc4c3)c2)cc1. The zero-order chi connectivity index (χ0) is 38.2. The normalized spacial score (nSPS) is 11.8. The van der Waals surface area contributed by atoms with Crippen LogP contribution in [0.25, 0.3) is 110 Å². The van der Waals surface area contributed by atoms with Crippen LogP contribution >= 0.6 is 0 Å². The molecule has 58 heavy (non-hydrogen) atoms. The third-order valence-electron chi connectivity index (χ3n) is 12.0. The monoisotopic (exact) mass is 736 g/mol. The first-order valence-corrected chi connectivity index (χ1v) is 20.0. The number of fused-ring (bicyclic) bond motifs is 8. The lowest BCUT2D eigenvalue weighted by Crippen LogP contribution is -1.94. The molecule has 0 atom stereocenters. The van der Waals surface area contributed by atoms with E-state index in [-0.39, 0.29) is 0 Å². The summed E-state index contributed by atoms with van der Waals surface area (Å²) in [5.74, 6) is 0. The molecule has 0 spiro atoms. The predicted molar refractivity (Wildman–Crippen MR) is 246 cm³/mol. The smallest absolute Gasteiger partial charge is 0.0541 e. The highest BCUT2D eigenvalue weighted by Crippen LogP contribution is 2.40. The second-order valence-corrected chi connectivity index (χ2v) is 15.4. The van der Waals surface area contributed by atoms with Crippen molar-refractivity contribution in [2.45, 2.75) is 0 Å². The molecule has 0 aliphatic heterocycles. The highest BCUT2D eigenvalue weighted by atomic mass is 15.0. The van der Waals surface area contributed by atoms with Crippen molar-refractivity contribution in [1.29, 1.82) is 0 Å². The van der Waals surface area contributed by atoms with E-state index in [0.717, 1.165) is 0 Å². The van der Waals surface area contributed by atoms with Crippen LogP contribution < -0.4 is 0 Å². The van der Waals surface area contributed by atoms with Crippen molar-refractivity contribution in [2.75, 3.05) is 0 Å². The molecular formula is C56H36N2. The molecule has 0 radical (unpaired) electrons. The first-order valence-electron chi connectivity index (χ1n) is 20.0.